The van der Waals surface area contributed by atoms with Crippen molar-refractivity contribution in [1.29, 1.82) is 0 Å². The number of nitrogens with zero attached hydrogens (tertiary/aromatic N) is 3. The molecule has 0 bridgehead atoms. The smallest absolute Gasteiger partial charge is 0.338 e. The van der Waals surface area contributed by atoms with Crippen LogP contribution < -0.4 is 11.1 Å². The Morgan fingerprint density at radius 1 is 1.35 bits per heavy atom. The van der Waals surface area contributed by atoms with Crippen molar-refractivity contribution < 1.29 is 33.9 Å². The fraction of sp³-hybridized carbons (Fsp3) is 0.333. The summed E-state index contributed by atoms with van der Waals surface area (Å²) in [6.45, 7) is -0.568. The van der Waals surface area contributed by atoms with E-state index < -0.39 is 47.2 Å². The molecule has 2 fully saturated rings. The summed E-state index contributed by atoms with van der Waals surface area (Å²) in [5, 5.41) is 16.0. The van der Waals surface area contributed by atoms with Gasteiger partial charge in [-0.1, -0.05) is 34.7 Å². The summed E-state index contributed by atoms with van der Waals surface area (Å²) in [5.74, 6) is -2.93. The van der Waals surface area contributed by atoms with Crippen LogP contribution >= 0.6 is 51.4 Å². The number of anilines is 1. The maximum Gasteiger partial charge on any atom is 0.338 e. The summed E-state index contributed by atoms with van der Waals surface area (Å²) < 4.78 is 5.76. The second-order valence-corrected chi connectivity index (χ2v) is 11.4. The van der Waals surface area contributed by atoms with Crippen LogP contribution in [0.1, 0.15) is 16.1 Å². The Kier molecular flexibility index (Phi) is 9.05. The Morgan fingerprint density at radius 3 is 2.65 bits per heavy atom. The van der Waals surface area contributed by atoms with Crippen LogP contribution in [0.15, 0.2) is 39.3 Å². The van der Waals surface area contributed by atoms with Gasteiger partial charge in [0.15, 0.2) is 10.8 Å². The van der Waals surface area contributed by atoms with Crippen molar-refractivity contribution in [3.63, 3.8) is 0 Å². The van der Waals surface area contributed by atoms with Crippen molar-refractivity contribution in [2.24, 2.45) is 10.6 Å². The number of carbonyl (C=O) groups is 4. The van der Waals surface area contributed by atoms with E-state index in [1.807, 2.05) is 0 Å². The molecule has 4 N–H and O–H groups in total. The highest BCUT2D eigenvalue weighted by Crippen LogP contribution is 2.42. The Bertz CT molecular complexity index is 1250. The average molecular weight is 635 g/mol. The zero-order valence-corrected chi connectivity index (χ0v) is 23.1. The molecule has 0 radical (unpaired) electrons. The summed E-state index contributed by atoms with van der Waals surface area (Å²) in [6, 6.07) is 7.30. The number of amides is 2. The number of nitrogens with two attached hydrogens (primary N) is 1. The highest BCUT2D eigenvalue weighted by Gasteiger charge is 2.58. The van der Waals surface area contributed by atoms with Gasteiger partial charge in [-0.2, -0.15) is 0 Å². The predicted octanol–water partition coefficient (Wildman–Crippen LogP) is 1.59. The number of oxime groups is 1. The summed E-state index contributed by atoms with van der Waals surface area (Å²) in [6.07, 6.45) is 0. The van der Waals surface area contributed by atoms with Crippen molar-refractivity contribution in [2.75, 3.05) is 31.7 Å². The molecule has 2 aliphatic heterocycles. The number of ether oxygens (including phenoxy) is 1. The Labute approximate surface area is 233 Å². The topological polar surface area (TPSA) is 174 Å². The third-order valence-corrected chi connectivity index (χ3v) is 8.72. The first-order chi connectivity index (χ1) is 17.2. The molecule has 2 unspecified atom stereocenters. The molecule has 3 atom stereocenters. The van der Waals surface area contributed by atoms with Gasteiger partial charge in [-0.05, 0) is 28.1 Å². The van der Waals surface area contributed by atoms with Crippen LogP contribution in [0.5, 0.6) is 0 Å². The lowest BCUT2D eigenvalue weighted by molar-refractivity contribution is -0.160. The SMILES string of the molecule is CON=C(C(=O)NC1C(=O)N2CC(COC(=O)c3ccccc3)(C(=O)O)CS[C@H]12)c1nc(N)sc1Br.Cl. The lowest BCUT2D eigenvalue weighted by Crippen LogP contribution is -2.74. The first-order valence-electron chi connectivity index (χ1n) is 10.4. The van der Waals surface area contributed by atoms with Crippen molar-refractivity contribution >= 4 is 86.0 Å². The van der Waals surface area contributed by atoms with E-state index in [1.165, 1.54) is 23.8 Å². The Morgan fingerprint density at radius 2 is 2.05 bits per heavy atom. The van der Waals surface area contributed by atoms with Crippen molar-refractivity contribution in [1.82, 2.24) is 15.2 Å². The molecule has 0 saturated carbocycles. The molecular formula is C21H21BrClN5O7S2. The van der Waals surface area contributed by atoms with E-state index in [9.17, 15) is 24.3 Å². The number of halogens is 2. The number of carbonyl (C=O) groups excluding carboxylic acids is 3. The number of thiazole rings is 1. The zero-order valence-electron chi connectivity index (χ0n) is 19.1. The maximum absolute atomic E-state index is 12.9. The van der Waals surface area contributed by atoms with Gasteiger partial charge in [0.25, 0.3) is 5.91 Å². The molecule has 2 amide bonds. The van der Waals surface area contributed by atoms with Gasteiger partial charge in [0.1, 0.15) is 40.0 Å². The second-order valence-electron chi connectivity index (χ2n) is 7.94. The maximum atomic E-state index is 12.9. The van der Waals surface area contributed by atoms with E-state index in [1.54, 1.807) is 30.3 Å². The molecule has 2 aromatic rings. The van der Waals surface area contributed by atoms with Gasteiger partial charge in [0.05, 0.1) is 5.56 Å². The van der Waals surface area contributed by atoms with Crippen molar-refractivity contribution in [3.8, 4) is 0 Å². The summed E-state index contributed by atoms with van der Waals surface area (Å²) in [7, 11) is 1.26. The second kappa shape index (κ2) is 11.7. The standard InChI is InChI=1S/C21H20BrN5O7S2.ClH/c1-33-26-12(11-14(22)36-20(23)25-11)15(28)24-13-16(29)27-7-21(19(31)32,9-35-17(13)27)8-34-18(30)10-5-3-2-4-6-10;/h2-6,13,17H,7-9H2,1H3,(H2,23,25)(H,24,28)(H,31,32);1H/t13?,17-,21?;/m1./s1. The lowest BCUT2D eigenvalue weighted by Gasteiger charge is -2.53. The van der Waals surface area contributed by atoms with Crippen LogP contribution in [0.3, 0.4) is 0 Å². The van der Waals surface area contributed by atoms with Gasteiger partial charge in [-0.25, -0.2) is 9.78 Å². The zero-order chi connectivity index (χ0) is 26.0. The number of nitrogens with one attached hydrogen (secondary N) is 1. The number of hydrogen-bond donors (Lipinski definition) is 3. The first-order valence-corrected chi connectivity index (χ1v) is 13.0. The fourth-order valence-corrected chi connectivity index (χ4v) is 6.58. The predicted molar refractivity (Wildman–Crippen MR) is 142 cm³/mol. The van der Waals surface area contributed by atoms with E-state index in [-0.39, 0.29) is 41.2 Å². The van der Waals surface area contributed by atoms with Crippen LogP contribution in [-0.2, 0) is 24.0 Å². The first kappa shape index (κ1) is 28.7. The molecule has 37 heavy (non-hydrogen) atoms. The van der Waals surface area contributed by atoms with Gasteiger partial charge in [-0.3, -0.25) is 14.4 Å². The number of carboxylic acid groups (broad SMARTS) is 1. The minimum absolute atomic E-state index is 0. The molecule has 4 rings (SSSR count). The summed E-state index contributed by atoms with van der Waals surface area (Å²) in [4.78, 5) is 60.5. The van der Waals surface area contributed by atoms with E-state index in [0.717, 1.165) is 11.3 Å². The number of β-lactam (4-membered cyclic amide) rings is 1. The van der Waals surface area contributed by atoms with Crippen LogP contribution in [-0.4, -0.2) is 81.9 Å². The molecule has 2 saturated heterocycles. The summed E-state index contributed by atoms with van der Waals surface area (Å²) in [5.41, 5.74) is 4.50. The Hall–Kier alpha value is -2.88. The van der Waals surface area contributed by atoms with Gasteiger partial charge < -0.3 is 30.6 Å². The molecule has 1 aromatic carbocycles. The molecule has 2 aliphatic rings. The largest absolute Gasteiger partial charge is 0.481 e. The number of fused-ring (bicyclic) bond motifs is 1. The van der Waals surface area contributed by atoms with E-state index in [2.05, 4.69) is 31.4 Å². The van der Waals surface area contributed by atoms with Crippen molar-refractivity contribution in [3.05, 3.63) is 45.4 Å². The van der Waals surface area contributed by atoms with Gasteiger partial charge >= 0.3 is 11.9 Å². The minimum atomic E-state index is -1.48. The van der Waals surface area contributed by atoms with E-state index >= 15 is 0 Å². The lowest BCUT2D eigenvalue weighted by atomic mass is 9.88. The molecule has 0 aliphatic carbocycles. The fourth-order valence-electron chi connectivity index (χ4n) is 3.72. The van der Waals surface area contributed by atoms with Crippen LogP contribution in [0, 0.1) is 5.41 Å². The molecule has 12 nitrogen and oxygen atoms in total. The number of aromatic nitrogens is 1. The van der Waals surface area contributed by atoms with Crippen LogP contribution in [0.4, 0.5) is 5.13 Å². The number of benzene rings is 1. The highest BCUT2D eigenvalue weighted by atomic mass is 79.9. The van der Waals surface area contributed by atoms with Crippen LogP contribution in [0.25, 0.3) is 0 Å². The molecule has 3 heterocycles. The number of thioether (sulfide) groups is 1. The van der Waals surface area contributed by atoms with Crippen LogP contribution in [0.2, 0.25) is 0 Å². The van der Waals surface area contributed by atoms with Gasteiger partial charge in [-0.15, -0.1) is 24.2 Å². The monoisotopic (exact) mass is 633 g/mol. The number of esters is 1. The number of nitrogen functional groups attached to an aromatic ring is 1. The quantitative estimate of drug-likeness (QED) is 0.167. The molecule has 16 heteroatoms. The minimum Gasteiger partial charge on any atom is -0.481 e. The molecule has 0 spiro atoms. The van der Waals surface area contributed by atoms with Gasteiger partial charge in [0.2, 0.25) is 5.91 Å². The molecular weight excluding hydrogens is 614 g/mol. The number of hydrogen-bond acceptors (Lipinski definition) is 11. The molecule has 1 aromatic heterocycles. The number of aliphatic carboxylic acids is 1. The Balaban J connectivity index is 0.00000380. The third kappa shape index (κ3) is 5.68. The van der Waals surface area contributed by atoms with E-state index in [0.29, 0.717) is 9.35 Å². The number of rotatable bonds is 8. The van der Waals surface area contributed by atoms with Crippen molar-refractivity contribution in [2.45, 2.75) is 11.4 Å². The average Bonchev–Trinajstić information content (AvgIpc) is 3.21. The number of carboxylic acids is 1. The van der Waals surface area contributed by atoms with Gasteiger partial charge in [0, 0.05) is 12.3 Å². The molecule has 198 valence electrons. The third-order valence-electron chi connectivity index (χ3n) is 5.60. The van der Waals surface area contributed by atoms with E-state index in [4.69, 9.17) is 15.3 Å². The normalized spacial score (nSPS) is 22.7. The summed E-state index contributed by atoms with van der Waals surface area (Å²) >= 11 is 5.56. The highest BCUT2D eigenvalue weighted by molar-refractivity contribution is 9.11.